The van der Waals surface area contributed by atoms with Crippen molar-refractivity contribution in [1.29, 1.82) is 0 Å². The molecule has 0 atom stereocenters. The fraction of sp³-hybridized carbons (Fsp3) is 0.500. The first-order valence-electron chi connectivity index (χ1n) is 6.49. The predicted molar refractivity (Wildman–Crippen MR) is 80.2 cm³/mol. The van der Waals surface area contributed by atoms with Gasteiger partial charge in [-0.25, -0.2) is 0 Å². The van der Waals surface area contributed by atoms with Crippen LogP contribution < -0.4 is 0 Å². The molecule has 1 aliphatic carbocycles. The second-order valence-corrected chi connectivity index (χ2v) is 6.02. The van der Waals surface area contributed by atoms with Crippen LogP contribution in [0.15, 0.2) is 18.2 Å². The zero-order valence-corrected chi connectivity index (χ0v) is 13.0. The van der Waals surface area contributed by atoms with E-state index in [9.17, 15) is 9.90 Å². The van der Waals surface area contributed by atoms with Gasteiger partial charge in [-0.05, 0) is 43.9 Å². The topological polar surface area (TPSA) is 40.5 Å². The quantitative estimate of drug-likeness (QED) is 0.823. The van der Waals surface area contributed by atoms with Gasteiger partial charge in [0.05, 0.1) is 5.56 Å². The molecule has 0 bridgehead atoms. The standard InChI is InChI=1S/C14H17BrClNO2/c15-7-2-8-17(11-3-1-4-11)14(19)12-6-5-10(16)9-13(12)18/h5-6,9,11,18H,1-4,7-8H2. The molecule has 0 aromatic heterocycles. The van der Waals surface area contributed by atoms with Crippen LogP contribution in [0.5, 0.6) is 5.75 Å². The smallest absolute Gasteiger partial charge is 0.257 e. The van der Waals surface area contributed by atoms with Crippen molar-refractivity contribution >= 4 is 33.4 Å². The van der Waals surface area contributed by atoms with E-state index in [1.165, 1.54) is 12.5 Å². The summed E-state index contributed by atoms with van der Waals surface area (Å²) < 4.78 is 0. The van der Waals surface area contributed by atoms with Crippen LogP contribution >= 0.6 is 27.5 Å². The molecule has 0 aliphatic heterocycles. The van der Waals surface area contributed by atoms with Gasteiger partial charge in [-0.1, -0.05) is 27.5 Å². The molecule has 1 N–H and O–H groups in total. The maximum atomic E-state index is 12.5. The SMILES string of the molecule is O=C(c1ccc(Cl)cc1O)N(CCCBr)C1CCC1. The lowest BCUT2D eigenvalue weighted by Crippen LogP contribution is -2.44. The minimum Gasteiger partial charge on any atom is -0.507 e. The summed E-state index contributed by atoms with van der Waals surface area (Å²) in [6.45, 7) is 0.719. The highest BCUT2D eigenvalue weighted by atomic mass is 79.9. The van der Waals surface area contributed by atoms with E-state index in [2.05, 4.69) is 15.9 Å². The van der Waals surface area contributed by atoms with E-state index in [0.717, 1.165) is 31.1 Å². The summed E-state index contributed by atoms with van der Waals surface area (Å²) in [5, 5.41) is 11.2. The number of carbonyl (C=O) groups excluding carboxylic acids is 1. The molecule has 0 spiro atoms. The molecule has 0 saturated heterocycles. The fourth-order valence-electron chi connectivity index (χ4n) is 2.22. The van der Waals surface area contributed by atoms with Gasteiger partial charge in [0.1, 0.15) is 5.75 Å². The Kier molecular flexibility index (Phi) is 5.11. The number of benzene rings is 1. The van der Waals surface area contributed by atoms with Crippen LogP contribution in [0.25, 0.3) is 0 Å². The predicted octanol–water partition coefficient (Wildman–Crippen LogP) is 3.83. The van der Waals surface area contributed by atoms with Gasteiger partial charge in [0.25, 0.3) is 5.91 Å². The van der Waals surface area contributed by atoms with Crippen molar-refractivity contribution in [3.8, 4) is 5.75 Å². The minimum atomic E-state index is -0.0974. The Hall–Kier alpha value is -0.740. The lowest BCUT2D eigenvalue weighted by Gasteiger charge is -2.37. The molecule has 1 aromatic carbocycles. The lowest BCUT2D eigenvalue weighted by atomic mass is 9.90. The van der Waals surface area contributed by atoms with E-state index in [1.54, 1.807) is 12.1 Å². The van der Waals surface area contributed by atoms with Crippen LogP contribution in [0.2, 0.25) is 5.02 Å². The monoisotopic (exact) mass is 345 g/mol. The van der Waals surface area contributed by atoms with Crippen LogP contribution in [0.3, 0.4) is 0 Å². The molecular formula is C14H17BrClNO2. The van der Waals surface area contributed by atoms with Gasteiger partial charge in [-0.2, -0.15) is 0 Å². The average Bonchev–Trinajstić information content (AvgIpc) is 2.31. The first kappa shape index (κ1) is 14.7. The number of nitrogens with zero attached hydrogens (tertiary/aromatic N) is 1. The number of phenols is 1. The van der Waals surface area contributed by atoms with Gasteiger partial charge in [-0.15, -0.1) is 0 Å². The summed E-state index contributed by atoms with van der Waals surface area (Å²) in [5.74, 6) is -0.138. The number of hydrogen-bond donors (Lipinski definition) is 1. The number of phenolic OH excluding ortho intramolecular Hbond substituents is 1. The van der Waals surface area contributed by atoms with Crippen molar-refractivity contribution < 1.29 is 9.90 Å². The van der Waals surface area contributed by atoms with Crippen molar-refractivity contribution in [1.82, 2.24) is 4.90 Å². The molecule has 104 valence electrons. The Morgan fingerprint density at radius 3 is 2.74 bits per heavy atom. The van der Waals surface area contributed by atoms with E-state index >= 15 is 0 Å². The first-order chi connectivity index (χ1) is 9.13. The van der Waals surface area contributed by atoms with Gasteiger partial charge in [0, 0.05) is 22.9 Å². The highest BCUT2D eigenvalue weighted by Crippen LogP contribution is 2.29. The molecule has 19 heavy (non-hydrogen) atoms. The normalized spacial score (nSPS) is 15.1. The van der Waals surface area contributed by atoms with Gasteiger partial charge < -0.3 is 10.0 Å². The second-order valence-electron chi connectivity index (χ2n) is 4.79. The lowest BCUT2D eigenvalue weighted by molar-refractivity contribution is 0.0578. The molecule has 1 aromatic rings. The molecule has 3 nitrogen and oxygen atoms in total. The Labute approximate surface area is 126 Å². The van der Waals surface area contributed by atoms with Crippen LogP contribution in [0, 0.1) is 0 Å². The summed E-state index contributed by atoms with van der Waals surface area (Å²) in [5.41, 5.74) is 0.339. The number of halogens is 2. The van der Waals surface area contributed by atoms with Crippen LogP contribution in [0.4, 0.5) is 0 Å². The van der Waals surface area contributed by atoms with Crippen molar-refractivity contribution in [2.75, 3.05) is 11.9 Å². The molecule has 1 saturated carbocycles. The van der Waals surface area contributed by atoms with Crippen molar-refractivity contribution in [2.45, 2.75) is 31.7 Å². The summed E-state index contributed by atoms with van der Waals surface area (Å²) in [6, 6.07) is 4.97. The highest BCUT2D eigenvalue weighted by molar-refractivity contribution is 9.09. The Morgan fingerprint density at radius 2 is 2.21 bits per heavy atom. The maximum absolute atomic E-state index is 12.5. The third kappa shape index (κ3) is 3.42. The Morgan fingerprint density at radius 1 is 1.47 bits per heavy atom. The van der Waals surface area contributed by atoms with Gasteiger partial charge >= 0.3 is 0 Å². The summed E-state index contributed by atoms with van der Waals surface area (Å²) in [4.78, 5) is 14.4. The van der Waals surface area contributed by atoms with Crippen LogP contribution in [0.1, 0.15) is 36.0 Å². The van der Waals surface area contributed by atoms with Gasteiger partial charge in [0.2, 0.25) is 0 Å². The molecule has 1 amide bonds. The number of rotatable bonds is 5. The number of hydrogen-bond acceptors (Lipinski definition) is 2. The van der Waals surface area contributed by atoms with E-state index < -0.39 is 0 Å². The third-order valence-electron chi connectivity index (χ3n) is 3.50. The van der Waals surface area contributed by atoms with E-state index in [4.69, 9.17) is 11.6 Å². The van der Waals surface area contributed by atoms with E-state index in [-0.39, 0.29) is 11.7 Å². The second kappa shape index (κ2) is 6.62. The van der Waals surface area contributed by atoms with Crippen LogP contribution in [-0.2, 0) is 0 Å². The Balaban J connectivity index is 2.17. The molecular weight excluding hydrogens is 330 g/mol. The van der Waals surface area contributed by atoms with Crippen molar-refractivity contribution in [3.05, 3.63) is 28.8 Å². The minimum absolute atomic E-state index is 0.0411. The number of alkyl halides is 1. The molecule has 5 heteroatoms. The van der Waals surface area contributed by atoms with E-state index in [1.807, 2.05) is 4.90 Å². The Bertz CT molecular complexity index is 463. The van der Waals surface area contributed by atoms with Crippen LogP contribution in [-0.4, -0.2) is 33.8 Å². The molecule has 0 heterocycles. The van der Waals surface area contributed by atoms with Gasteiger partial charge in [0.15, 0.2) is 0 Å². The number of carbonyl (C=O) groups is 1. The molecule has 0 radical (unpaired) electrons. The largest absolute Gasteiger partial charge is 0.507 e. The number of amides is 1. The first-order valence-corrected chi connectivity index (χ1v) is 7.99. The highest BCUT2D eigenvalue weighted by Gasteiger charge is 2.30. The molecule has 2 rings (SSSR count). The fourth-order valence-corrected chi connectivity index (χ4v) is 2.64. The summed E-state index contributed by atoms with van der Waals surface area (Å²) in [6.07, 6.45) is 4.21. The molecule has 1 fully saturated rings. The van der Waals surface area contributed by atoms with E-state index in [0.29, 0.717) is 16.6 Å². The van der Waals surface area contributed by atoms with Crippen molar-refractivity contribution in [3.63, 3.8) is 0 Å². The molecule has 0 unspecified atom stereocenters. The summed E-state index contributed by atoms with van der Waals surface area (Å²) >= 11 is 9.19. The molecule has 1 aliphatic rings. The zero-order valence-electron chi connectivity index (χ0n) is 10.6. The average molecular weight is 347 g/mol. The third-order valence-corrected chi connectivity index (χ3v) is 4.29. The summed E-state index contributed by atoms with van der Waals surface area (Å²) in [7, 11) is 0. The van der Waals surface area contributed by atoms with Crippen molar-refractivity contribution in [2.24, 2.45) is 0 Å². The van der Waals surface area contributed by atoms with Gasteiger partial charge in [-0.3, -0.25) is 4.79 Å². The zero-order chi connectivity index (χ0) is 13.8. The maximum Gasteiger partial charge on any atom is 0.257 e. The number of aromatic hydroxyl groups is 1.